The molecule has 2 aromatic carbocycles. The van der Waals surface area contributed by atoms with Gasteiger partial charge in [0.1, 0.15) is 12.4 Å². The second-order valence-corrected chi connectivity index (χ2v) is 7.80. The number of benzene rings is 2. The summed E-state index contributed by atoms with van der Waals surface area (Å²) < 4.78 is 13.2. The Morgan fingerprint density at radius 1 is 0.969 bits per heavy atom. The Hall–Kier alpha value is -1.83. The van der Waals surface area contributed by atoms with Gasteiger partial charge in [-0.25, -0.2) is 4.79 Å². The van der Waals surface area contributed by atoms with Crippen LogP contribution in [0.3, 0.4) is 0 Å². The fourth-order valence-electron chi connectivity index (χ4n) is 2.61. The molecule has 0 aliphatic rings. The average molecular weight is 485 g/mol. The maximum absolute atomic E-state index is 11.8. The van der Waals surface area contributed by atoms with Crippen LogP contribution in [0.2, 0.25) is 0 Å². The van der Waals surface area contributed by atoms with Crippen LogP contribution in [0.5, 0.6) is 5.75 Å². The normalized spacial score (nSPS) is 9.81. The summed E-state index contributed by atoms with van der Waals surface area (Å²) in [6.07, 6.45) is -0.496. The Morgan fingerprint density at radius 2 is 1.53 bits per heavy atom. The van der Waals surface area contributed by atoms with Crippen molar-refractivity contribution in [1.82, 2.24) is 10.0 Å². The number of aryl methyl sites for hydroxylation is 3. The van der Waals surface area contributed by atoms with E-state index in [4.69, 9.17) is 19.0 Å². The molecule has 4 N–H and O–H groups in total. The molecule has 0 bridgehead atoms. The van der Waals surface area contributed by atoms with E-state index in [2.05, 4.69) is 42.9 Å². The molecule has 180 valence electrons. The summed E-state index contributed by atoms with van der Waals surface area (Å²) in [5.74, 6) is 0.340. The van der Waals surface area contributed by atoms with E-state index in [0.29, 0.717) is 18.8 Å². The van der Waals surface area contributed by atoms with Gasteiger partial charge in [0.25, 0.3) is 0 Å². The van der Waals surface area contributed by atoms with Crippen molar-refractivity contribution >= 4 is 26.6 Å². The van der Waals surface area contributed by atoms with Crippen molar-refractivity contribution in [2.45, 2.75) is 60.0 Å². The maximum atomic E-state index is 11.8. The third-order valence-corrected chi connectivity index (χ3v) is 5.33. The van der Waals surface area contributed by atoms with Crippen LogP contribution >= 0.6 is 20.6 Å². The molecule has 0 heterocycles. The Bertz CT molecular complexity index is 765. The zero-order valence-corrected chi connectivity index (χ0v) is 21.8. The predicted octanol–water partition coefficient (Wildman–Crippen LogP) is 5.78. The van der Waals surface area contributed by atoms with Crippen LogP contribution in [0.4, 0.5) is 4.79 Å². The van der Waals surface area contributed by atoms with Crippen LogP contribution in [0.25, 0.3) is 0 Å². The highest BCUT2D eigenvalue weighted by atomic mass is 32.2. The van der Waals surface area contributed by atoms with Gasteiger partial charge in [0.15, 0.2) is 0 Å². The van der Waals surface area contributed by atoms with Gasteiger partial charge in [-0.1, -0.05) is 57.5 Å². The quantitative estimate of drug-likeness (QED) is 0.203. The van der Waals surface area contributed by atoms with Crippen molar-refractivity contribution in [3.8, 4) is 5.75 Å². The zero-order chi connectivity index (χ0) is 24.5. The van der Waals surface area contributed by atoms with E-state index in [0.717, 1.165) is 5.56 Å². The van der Waals surface area contributed by atoms with Gasteiger partial charge in [-0.2, -0.15) is 0 Å². The largest absolute Gasteiger partial charge is 0.445 e. The first kappa shape index (κ1) is 30.2. The summed E-state index contributed by atoms with van der Waals surface area (Å²) in [7, 11) is -2.44. The zero-order valence-electron chi connectivity index (χ0n) is 20.1. The van der Waals surface area contributed by atoms with Crippen molar-refractivity contribution in [2.75, 3.05) is 13.1 Å². The third-order valence-electron chi connectivity index (χ3n) is 3.76. The molecule has 7 nitrogen and oxygen atoms in total. The number of alkyl carbamates (subject to hydrolysis) is 1. The molecule has 0 radical (unpaired) electrons. The van der Waals surface area contributed by atoms with E-state index in [1.165, 1.54) is 21.6 Å². The first-order chi connectivity index (χ1) is 15.3. The average Bonchev–Trinajstić information content (AvgIpc) is 2.77. The molecule has 1 amide bonds. The number of carbonyl (C=O) groups is 1. The van der Waals surface area contributed by atoms with Crippen LogP contribution in [0, 0.1) is 20.8 Å². The molecule has 0 aliphatic heterocycles. The Kier molecular flexibility index (Phi) is 16.7. The Morgan fingerprint density at radius 3 is 2.06 bits per heavy atom. The minimum atomic E-state index is -2.44. The molecule has 2 rings (SSSR count). The first-order valence-electron chi connectivity index (χ1n) is 10.7. The second-order valence-electron chi connectivity index (χ2n) is 6.22. The van der Waals surface area contributed by atoms with Gasteiger partial charge in [0.2, 0.25) is 0 Å². The minimum absolute atomic E-state index is 0.114. The van der Waals surface area contributed by atoms with Gasteiger partial charge in [0.05, 0.1) is 0 Å². The number of hydrogen-bond donors (Lipinski definition) is 4. The van der Waals surface area contributed by atoms with Crippen LogP contribution in [-0.2, 0) is 11.3 Å². The highest BCUT2D eigenvalue weighted by molar-refractivity contribution is 7.97. The predicted molar refractivity (Wildman–Crippen MR) is 134 cm³/mol. The molecule has 0 saturated heterocycles. The van der Waals surface area contributed by atoms with E-state index >= 15 is 0 Å². The summed E-state index contributed by atoms with van der Waals surface area (Å²) in [6.45, 7) is 15.4. The molecule has 0 atom stereocenters. The number of ether oxygens (including phenoxy) is 1. The van der Waals surface area contributed by atoms with Gasteiger partial charge in [-0.05, 0) is 61.5 Å². The summed E-state index contributed by atoms with van der Waals surface area (Å²) in [4.78, 5) is 30.5. The molecule has 0 fully saturated rings. The third kappa shape index (κ3) is 12.3. The SMILES string of the molecule is CC.CC.Cc1cc(C)c(SNCCNC(=O)OCc2ccc(OP(O)O)cc2)c(C)c1. The first-order valence-corrected chi connectivity index (χ1v) is 12.7. The molecular formula is C23H37N2O5PS. The van der Waals surface area contributed by atoms with Crippen LogP contribution < -0.4 is 14.6 Å². The summed E-state index contributed by atoms with van der Waals surface area (Å²) in [5, 5.41) is 2.69. The van der Waals surface area contributed by atoms with Crippen molar-refractivity contribution in [3.63, 3.8) is 0 Å². The van der Waals surface area contributed by atoms with Crippen LogP contribution in [0.1, 0.15) is 49.9 Å². The molecule has 0 aliphatic carbocycles. The molecule has 0 aromatic heterocycles. The van der Waals surface area contributed by atoms with Gasteiger partial charge in [0, 0.05) is 18.0 Å². The molecule has 0 saturated carbocycles. The van der Waals surface area contributed by atoms with Gasteiger partial charge in [-0.3, -0.25) is 4.72 Å². The highest BCUT2D eigenvalue weighted by Crippen LogP contribution is 2.28. The van der Waals surface area contributed by atoms with Crippen molar-refractivity contribution in [1.29, 1.82) is 0 Å². The smallest absolute Gasteiger partial charge is 0.407 e. The van der Waals surface area contributed by atoms with E-state index in [1.54, 1.807) is 36.2 Å². The molecule has 0 unspecified atom stereocenters. The highest BCUT2D eigenvalue weighted by Gasteiger charge is 2.06. The van der Waals surface area contributed by atoms with Gasteiger partial charge < -0.3 is 24.4 Å². The van der Waals surface area contributed by atoms with Crippen molar-refractivity contribution in [3.05, 3.63) is 58.7 Å². The van der Waals surface area contributed by atoms with Gasteiger partial charge in [-0.15, -0.1) is 0 Å². The number of nitrogens with one attached hydrogen (secondary N) is 2. The summed E-state index contributed by atoms with van der Waals surface area (Å²) >= 11 is 1.56. The Balaban J connectivity index is 0.00000227. The standard InChI is InChI=1S/C19H25N2O5PS.2C2H6/c1-13-10-14(2)18(15(3)11-13)28-21-9-8-20-19(22)25-12-16-4-6-17(7-5-16)26-27(23)24;2*1-2/h4-7,10-11,21,23-24H,8-9,12H2,1-3H3,(H,20,22);2*1-2H3. The van der Waals surface area contributed by atoms with E-state index in [9.17, 15) is 4.79 Å². The lowest BCUT2D eigenvalue weighted by atomic mass is 10.1. The van der Waals surface area contributed by atoms with Crippen molar-refractivity contribution in [2.24, 2.45) is 0 Å². The molecular weight excluding hydrogens is 447 g/mol. The second kappa shape index (κ2) is 17.7. The lowest BCUT2D eigenvalue weighted by Crippen LogP contribution is -2.30. The molecule has 9 heteroatoms. The molecule has 32 heavy (non-hydrogen) atoms. The fraction of sp³-hybridized carbons (Fsp3) is 0.435. The molecule has 2 aromatic rings. The molecule has 0 spiro atoms. The van der Waals surface area contributed by atoms with Crippen molar-refractivity contribution < 1.29 is 23.8 Å². The lowest BCUT2D eigenvalue weighted by Gasteiger charge is -2.12. The van der Waals surface area contributed by atoms with E-state index in [1.807, 2.05) is 27.7 Å². The number of hydrogen-bond acceptors (Lipinski definition) is 7. The van der Waals surface area contributed by atoms with E-state index in [-0.39, 0.29) is 6.61 Å². The topological polar surface area (TPSA) is 100 Å². The lowest BCUT2D eigenvalue weighted by molar-refractivity contribution is 0.140. The summed E-state index contributed by atoms with van der Waals surface area (Å²) in [5.41, 5.74) is 4.47. The number of carbonyl (C=O) groups excluding carboxylic acids is 1. The monoisotopic (exact) mass is 484 g/mol. The van der Waals surface area contributed by atoms with E-state index < -0.39 is 14.7 Å². The number of rotatable bonds is 9. The van der Waals surface area contributed by atoms with Gasteiger partial charge >= 0.3 is 14.7 Å². The van der Waals surface area contributed by atoms with Crippen LogP contribution in [-0.4, -0.2) is 29.0 Å². The maximum Gasteiger partial charge on any atom is 0.407 e. The fourth-order valence-corrected chi connectivity index (χ4v) is 3.71. The Labute approximate surface area is 198 Å². The summed E-state index contributed by atoms with van der Waals surface area (Å²) in [6, 6.07) is 10.8. The number of amides is 1. The van der Waals surface area contributed by atoms with Crippen LogP contribution in [0.15, 0.2) is 41.3 Å². The minimum Gasteiger partial charge on any atom is -0.445 e.